The van der Waals surface area contributed by atoms with Crippen LogP contribution in [-0.2, 0) is 6.42 Å². The summed E-state index contributed by atoms with van der Waals surface area (Å²) in [6, 6.07) is 11.2. The minimum absolute atomic E-state index is 0.0152. The summed E-state index contributed by atoms with van der Waals surface area (Å²) in [7, 11) is 1.81. The Morgan fingerprint density at radius 3 is 2.83 bits per heavy atom. The second-order valence-corrected chi connectivity index (χ2v) is 5.72. The molecular weight excluding hydrogens is 302 g/mol. The summed E-state index contributed by atoms with van der Waals surface area (Å²) in [5.74, 6) is 0.722. The van der Waals surface area contributed by atoms with E-state index in [2.05, 4.69) is 9.97 Å². The lowest BCUT2D eigenvalue weighted by molar-refractivity contribution is 0.0743. The molecular formula is C19H19N3O2. The average Bonchev–Trinajstić information content (AvgIpc) is 3.16. The van der Waals surface area contributed by atoms with Gasteiger partial charge >= 0.3 is 0 Å². The van der Waals surface area contributed by atoms with Crippen LogP contribution in [0.2, 0.25) is 0 Å². The van der Waals surface area contributed by atoms with Gasteiger partial charge in [0, 0.05) is 49.2 Å². The number of aromatic nitrogens is 2. The summed E-state index contributed by atoms with van der Waals surface area (Å²) in [6.07, 6.45) is 7.32. The number of carbonyl (C=O) groups is 1. The highest BCUT2D eigenvalue weighted by atomic mass is 16.3. The molecule has 1 aromatic carbocycles. The van der Waals surface area contributed by atoms with Gasteiger partial charge in [0.25, 0.3) is 5.91 Å². The molecule has 2 aromatic heterocycles. The van der Waals surface area contributed by atoms with Gasteiger partial charge in [0.15, 0.2) is 0 Å². The van der Waals surface area contributed by atoms with Gasteiger partial charge < -0.3 is 9.32 Å². The standard InChI is InChI=1S/C19H19N3O2/c1-14(11-17-13-20-8-9-21-17)22(2)19(23)16-6-3-5-15(12-16)18-7-4-10-24-18/h3-10,12-14H,11H2,1-2H3/t14-/m1/s1. The largest absolute Gasteiger partial charge is 0.464 e. The topological polar surface area (TPSA) is 59.2 Å². The zero-order valence-electron chi connectivity index (χ0n) is 13.7. The average molecular weight is 321 g/mol. The van der Waals surface area contributed by atoms with Gasteiger partial charge in [-0.05, 0) is 31.2 Å². The Balaban J connectivity index is 1.74. The summed E-state index contributed by atoms with van der Waals surface area (Å²) >= 11 is 0. The third kappa shape index (κ3) is 3.51. The molecule has 0 spiro atoms. The first-order valence-corrected chi connectivity index (χ1v) is 7.81. The maximum absolute atomic E-state index is 12.8. The highest BCUT2D eigenvalue weighted by Crippen LogP contribution is 2.21. The number of likely N-dealkylation sites (N-methyl/N-ethyl adjacent to an activating group) is 1. The Bertz CT molecular complexity index is 800. The second kappa shape index (κ2) is 7.08. The molecule has 122 valence electrons. The molecule has 3 aromatic rings. The number of nitrogens with zero attached hydrogens (tertiary/aromatic N) is 3. The molecule has 0 fully saturated rings. The molecule has 0 saturated heterocycles. The number of rotatable bonds is 5. The molecule has 1 amide bonds. The second-order valence-electron chi connectivity index (χ2n) is 5.72. The van der Waals surface area contributed by atoms with Gasteiger partial charge in [-0.2, -0.15) is 0 Å². The van der Waals surface area contributed by atoms with Crippen molar-refractivity contribution < 1.29 is 9.21 Å². The van der Waals surface area contributed by atoms with E-state index in [1.165, 1.54) is 0 Å². The van der Waals surface area contributed by atoms with Gasteiger partial charge in [-0.25, -0.2) is 0 Å². The van der Waals surface area contributed by atoms with Crippen molar-refractivity contribution in [3.05, 3.63) is 72.5 Å². The Kier molecular flexibility index (Phi) is 4.70. The van der Waals surface area contributed by atoms with E-state index in [9.17, 15) is 4.79 Å². The van der Waals surface area contributed by atoms with Crippen molar-refractivity contribution in [1.29, 1.82) is 0 Å². The van der Waals surface area contributed by atoms with Crippen molar-refractivity contribution >= 4 is 5.91 Å². The summed E-state index contributed by atoms with van der Waals surface area (Å²) in [5, 5.41) is 0. The normalized spacial score (nSPS) is 11.9. The lowest BCUT2D eigenvalue weighted by Crippen LogP contribution is -2.36. The molecule has 3 rings (SSSR count). The smallest absolute Gasteiger partial charge is 0.253 e. The molecule has 0 unspecified atom stereocenters. The number of benzene rings is 1. The molecule has 0 aliphatic carbocycles. The molecule has 0 aliphatic rings. The van der Waals surface area contributed by atoms with Gasteiger partial charge in [-0.1, -0.05) is 12.1 Å². The van der Waals surface area contributed by atoms with Crippen LogP contribution in [0.15, 0.2) is 65.7 Å². The maximum Gasteiger partial charge on any atom is 0.253 e. The molecule has 0 radical (unpaired) electrons. The number of carbonyl (C=O) groups excluding carboxylic acids is 1. The van der Waals surface area contributed by atoms with E-state index in [0.29, 0.717) is 12.0 Å². The number of furan rings is 1. The van der Waals surface area contributed by atoms with E-state index in [4.69, 9.17) is 4.42 Å². The third-order valence-electron chi connectivity index (χ3n) is 4.02. The van der Waals surface area contributed by atoms with Crippen LogP contribution in [0.5, 0.6) is 0 Å². The van der Waals surface area contributed by atoms with Crippen LogP contribution in [0.1, 0.15) is 23.0 Å². The van der Waals surface area contributed by atoms with E-state index >= 15 is 0 Å². The molecule has 5 nitrogen and oxygen atoms in total. The summed E-state index contributed by atoms with van der Waals surface area (Å²) in [6.45, 7) is 2.00. The fourth-order valence-electron chi connectivity index (χ4n) is 2.53. The van der Waals surface area contributed by atoms with E-state index in [-0.39, 0.29) is 11.9 Å². The molecule has 0 aliphatic heterocycles. The van der Waals surface area contributed by atoms with Crippen molar-refractivity contribution in [1.82, 2.24) is 14.9 Å². The highest BCUT2D eigenvalue weighted by Gasteiger charge is 2.19. The number of hydrogen-bond donors (Lipinski definition) is 0. The van der Waals surface area contributed by atoms with E-state index < -0.39 is 0 Å². The monoisotopic (exact) mass is 321 g/mol. The van der Waals surface area contributed by atoms with Crippen molar-refractivity contribution in [2.45, 2.75) is 19.4 Å². The number of hydrogen-bond acceptors (Lipinski definition) is 4. The van der Waals surface area contributed by atoms with Gasteiger partial charge in [-0.15, -0.1) is 0 Å². The number of amides is 1. The minimum Gasteiger partial charge on any atom is -0.464 e. The lowest BCUT2D eigenvalue weighted by Gasteiger charge is -2.25. The lowest BCUT2D eigenvalue weighted by atomic mass is 10.1. The summed E-state index contributed by atoms with van der Waals surface area (Å²) in [5.41, 5.74) is 2.40. The first-order valence-electron chi connectivity index (χ1n) is 7.81. The zero-order chi connectivity index (χ0) is 16.9. The summed E-state index contributed by atoms with van der Waals surface area (Å²) < 4.78 is 5.40. The van der Waals surface area contributed by atoms with Gasteiger partial charge in [0.1, 0.15) is 5.76 Å². The van der Waals surface area contributed by atoms with Crippen LogP contribution < -0.4 is 0 Å². The molecule has 0 bridgehead atoms. The predicted molar refractivity (Wildman–Crippen MR) is 91.4 cm³/mol. The van der Waals surface area contributed by atoms with Crippen LogP contribution in [-0.4, -0.2) is 33.9 Å². The zero-order valence-corrected chi connectivity index (χ0v) is 13.7. The fourth-order valence-corrected chi connectivity index (χ4v) is 2.53. The molecule has 0 saturated carbocycles. The van der Waals surface area contributed by atoms with Crippen molar-refractivity contribution in [2.75, 3.05) is 7.05 Å². The third-order valence-corrected chi connectivity index (χ3v) is 4.02. The molecule has 0 N–H and O–H groups in total. The Labute approximate surface area is 141 Å². The van der Waals surface area contributed by atoms with E-state index in [1.54, 1.807) is 29.8 Å². The van der Waals surface area contributed by atoms with Gasteiger partial charge in [0.05, 0.1) is 12.0 Å². The minimum atomic E-state index is -0.0280. The predicted octanol–water partition coefficient (Wildman–Crippen LogP) is 3.44. The molecule has 2 heterocycles. The Morgan fingerprint density at radius 1 is 1.25 bits per heavy atom. The van der Waals surface area contributed by atoms with Crippen molar-refractivity contribution in [2.24, 2.45) is 0 Å². The van der Waals surface area contributed by atoms with Gasteiger partial charge in [-0.3, -0.25) is 14.8 Å². The van der Waals surface area contributed by atoms with Crippen molar-refractivity contribution in [3.63, 3.8) is 0 Å². The van der Waals surface area contributed by atoms with Crippen molar-refractivity contribution in [3.8, 4) is 11.3 Å². The molecule has 5 heteroatoms. The van der Waals surface area contributed by atoms with Crippen LogP contribution in [0.4, 0.5) is 0 Å². The quantitative estimate of drug-likeness (QED) is 0.722. The van der Waals surface area contributed by atoms with Crippen LogP contribution in [0, 0.1) is 0 Å². The SMILES string of the molecule is C[C@H](Cc1cnccn1)N(C)C(=O)c1cccc(-c2ccco2)c1. The fraction of sp³-hybridized carbons (Fsp3) is 0.211. The van der Waals surface area contributed by atoms with E-state index in [0.717, 1.165) is 17.0 Å². The highest BCUT2D eigenvalue weighted by molar-refractivity contribution is 5.95. The van der Waals surface area contributed by atoms with Gasteiger partial charge in [0.2, 0.25) is 0 Å². The molecule has 1 atom stereocenters. The Morgan fingerprint density at radius 2 is 2.12 bits per heavy atom. The van der Waals surface area contributed by atoms with Crippen LogP contribution in [0.25, 0.3) is 11.3 Å². The first-order chi connectivity index (χ1) is 11.6. The molecule has 24 heavy (non-hydrogen) atoms. The van der Waals surface area contributed by atoms with E-state index in [1.807, 2.05) is 50.4 Å². The summed E-state index contributed by atoms with van der Waals surface area (Å²) in [4.78, 5) is 22.8. The van der Waals surface area contributed by atoms with Crippen LogP contribution in [0.3, 0.4) is 0 Å². The maximum atomic E-state index is 12.8. The first kappa shape index (κ1) is 15.9. The Hall–Kier alpha value is -2.95. The van der Waals surface area contributed by atoms with Crippen LogP contribution >= 0.6 is 0 Å².